The number of carbonyl (C=O) groups is 2. The molecule has 0 fully saturated rings. The van der Waals surface area contributed by atoms with E-state index in [9.17, 15) is 9.59 Å². The van der Waals surface area contributed by atoms with Crippen molar-refractivity contribution in [3.63, 3.8) is 0 Å². The maximum absolute atomic E-state index is 12.4. The van der Waals surface area contributed by atoms with E-state index in [2.05, 4.69) is 17.1 Å². The fourth-order valence-electron chi connectivity index (χ4n) is 2.80. The first-order valence-corrected chi connectivity index (χ1v) is 10.6. The zero-order valence-electron chi connectivity index (χ0n) is 17.5. The number of halogens is 2. The van der Waals surface area contributed by atoms with Gasteiger partial charge in [0.15, 0.2) is 6.61 Å². The Morgan fingerprint density at radius 2 is 1.85 bits per heavy atom. The lowest BCUT2D eigenvalue weighted by Gasteiger charge is -2.09. The topological polar surface area (TPSA) is 77.0 Å². The SMILES string of the molecule is C=CCc1ccccc1OCC(=O)NN=Cc1cccc(OC(=O)c2ccc(Cl)cc2Cl)c1. The molecule has 1 N–H and O–H groups in total. The van der Waals surface area contributed by atoms with Crippen LogP contribution in [0.5, 0.6) is 11.5 Å². The number of hydrogen-bond acceptors (Lipinski definition) is 5. The molecule has 168 valence electrons. The van der Waals surface area contributed by atoms with Crippen LogP contribution in [0.25, 0.3) is 0 Å². The van der Waals surface area contributed by atoms with Crippen LogP contribution >= 0.6 is 23.2 Å². The van der Waals surface area contributed by atoms with E-state index in [4.69, 9.17) is 32.7 Å². The smallest absolute Gasteiger partial charge is 0.345 e. The number of allylic oxidation sites excluding steroid dienone is 1. The Morgan fingerprint density at radius 1 is 1.03 bits per heavy atom. The van der Waals surface area contributed by atoms with Crippen LogP contribution in [0.4, 0.5) is 0 Å². The summed E-state index contributed by atoms with van der Waals surface area (Å²) < 4.78 is 10.9. The summed E-state index contributed by atoms with van der Waals surface area (Å²) in [6.07, 6.45) is 3.83. The molecule has 0 saturated heterocycles. The lowest BCUT2D eigenvalue weighted by Crippen LogP contribution is -2.24. The second-order valence-electron chi connectivity index (χ2n) is 6.77. The van der Waals surface area contributed by atoms with Crippen molar-refractivity contribution in [2.75, 3.05) is 6.61 Å². The lowest BCUT2D eigenvalue weighted by molar-refractivity contribution is -0.123. The Bertz CT molecular complexity index is 1190. The Labute approximate surface area is 201 Å². The molecule has 3 rings (SSSR count). The Hall–Kier alpha value is -3.61. The monoisotopic (exact) mass is 482 g/mol. The lowest BCUT2D eigenvalue weighted by atomic mass is 10.1. The van der Waals surface area contributed by atoms with Crippen molar-refractivity contribution in [2.45, 2.75) is 6.42 Å². The number of benzene rings is 3. The van der Waals surface area contributed by atoms with Gasteiger partial charge in [-0.2, -0.15) is 5.10 Å². The van der Waals surface area contributed by atoms with Gasteiger partial charge in [0.25, 0.3) is 5.91 Å². The average molecular weight is 483 g/mol. The van der Waals surface area contributed by atoms with Crippen molar-refractivity contribution >= 4 is 41.3 Å². The first kappa shape index (κ1) is 24.0. The van der Waals surface area contributed by atoms with Crippen LogP contribution in [0.1, 0.15) is 21.5 Å². The van der Waals surface area contributed by atoms with Crippen molar-refractivity contribution in [2.24, 2.45) is 5.10 Å². The van der Waals surface area contributed by atoms with Gasteiger partial charge in [-0.1, -0.05) is 59.6 Å². The minimum absolute atomic E-state index is 0.189. The van der Waals surface area contributed by atoms with Gasteiger partial charge in [0.1, 0.15) is 11.5 Å². The summed E-state index contributed by atoms with van der Waals surface area (Å²) >= 11 is 11.9. The fourth-order valence-corrected chi connectivity index (χ4v) is 3.28. The van der Waals surface area contributed by atoms with Crippen LogP contribution in [-0.4, -0.2) is 24.7 Å². The summed E-state index contributed by atoms with van der Waals surface area (Å²) in [6, 6.07) is 18.6. The van der Waals surface area contributed by atoms with E-state index in [0.717, 1.165) is 5.56 Å². The fraction of sp³-hybridized carbons (Fsp3) is 0.0800. The van der Waals surface area contributed by atoms with Crippen molar-refractivity contribution in [1.29, 1.82) is 0 Å². The van der Waals surface area contributed by atoms with Crippen LogP contribution in [0.3, 0.4) is 0 Å². The normalized spacial score (nSPS) is 10.6. The summed E-state index contributed by atoms with van der Waals surface area (Å²) in [7, 11) is 0. The molecule has 0 aliphatic rings. The molecule has 6 nitrogen and oxygen atoms in total. The third-order valence-corrected chi connectivity index (χ3v) is 4.87. The van der Waals surface area contributed by atoms with Crippen molar-refractivity contribution in [1.82, 2.24) is 5.43 Å². The molecule has 0 atom stereocenters. The molecule has 3 aromatic rings. The van der Waals surface area contributed by atoms with Crippen LogP contribution in [0, 0.1) is 0 Å². The molecule has 0 bridgehead atoms. The van der Waals surface area contributed by atoms with Crippen LogP contribution < -0.4 is 14.9 Å². The third kappa shape index (κ3) is 7.20. The number of rotatable bonds is 9. The van der Waals surface area contributed by atoms with Gasteiger partial charge in [-0.15, -0.1) is 6.58 Å². The predicted molar refractivity (Wildman–Crippen MR) is 129 cm³/mol. The number of para-hydroxylation sites is 1. The third-order valence-electron chi connectivity index (χ3n) is 4.32. The van der Waals surface area contributed by atoms with Gasteiger partial charge in [0, 0.05) is 5.02 Å². The molecule has 8 heteroatoms. The number of carbonyl (C=O) groups excluding carboxylic acids is 2. The number of hydrogen-bond donors (Lipinski definition) is 1. The van der Waals surface area contributed by atoms with Gasteiger partial charge in [-0.3, -0.25) is 4.79 Å². The predicted octanol–water partition coefficient (Wildman–Crippen LogP) is 5.47. The number of hydrazone groups is 1. The summed E-state index contributed by atoms with van der Waals surface area (Å²) in [5, 5.41) is 4.53. The highest BCUT2D eigenvalue weighted by Crippen LogP contribution is 2.23. The molecule has 0 unspecified atom stereocenters. The summed E-state index contributed by atoms with van der Waals surface area (Å²) in [6.45, 7) is 3.52. The molecular weight excluding hydrogens is 463 g/mol. The van der Waals surface area contributed by atoms with Gasteiger partial charge in [0.05, 0.1) is 16.8 Å². The quantitative estimate of drug-likeness (QED) is 0.144. The second-order valence-corrected chi connectivity index (χ2v) is 7.61. The molecule has 0 heterocycles. The molecular formula is C25H20Cl2N2O4. The van der Waals surface area contributed by atoms with Crippen molar-refractivity contribution in [3.05, 3.63) is 106 Å². The summed E-state index contributed by atoms with van der Waals surface area (Å²) in [5.41, 5.74) is 4.15. The van der Waals surface area contributed by atoms with E-state index < -0.39 is 11.9 Å². The molecule has 0 aliphatic heterocycles. The zero-order chi connectivity index (χ0) is 23.6. The molecule has 0 spiro atoms. The minimum atomic E-state index is -0.618. The molecule has 0 radical (unpaired) electrons. The zero-order valence-corrected chi connectivity index (χ0v) is 19.0. The second kappa shape index (κ2) is 11.9. The van der Waals surface area contributed by atoms with E-state index in [1.165, 1.54) is 18.3 Å². The highest BCUT2D eigenvalue weighted by Gasteiger charge is 2.13. The maximum atomic E-state index is 12.4. The molecule has 3 aromatic carbocycles. The summed E-state index contributed by atoms with van der Waals surface area (Å²) in [5.74, 6) is -0.122. The minimum Gasteiger partial charge on any atom is -0.483 e. The molecule has 1 amide bonds. The number of esters is 1. The highest BCUT2D eigenvalue weighted by molar-refractivity contribution is 6.36. The highest BCUT2D eigenvalue weighted by atomic mass is 35.5. The van der Waals surface area contributed by atoms with E-state index in [-0.39, 0.29) is 17.2 Å². The standard InChI is InChI=1S/C25H20Cl2N2O4/c1-2-6-18-8-3-4-10-23(18)32-16-24(30)29-28-15-17-7-5-9-20(13-17)33-25(31)21-12-11-19(26)14-22(21)27/h2-5,7-15H,1,6,16H2,(H,29,30). The molecule has 33 heavy (non-hydrogen) atoms. The van der Waals surface area contributed by atoms with Crippen molar-refractivity contribution in [3.8, 4) is 11.5 Å². The van der Waals surface area contributed by atoms with Gasteiger partial charge in [0.2, 0.25) is 0 Å². The van der Waals surface area contributed by atoms with E-state index >= 15 is 0 Å². The molecule has 0 aliphatic carbocycles. The first-order chi connectivity index (χ1) is 16.0. The Balaban J connectivity index is 1.54. The average Bonchev–Trinajstić information content (AvgIpc) is 2.79. The maximum Gasteiger partial charge on any atom is 0.345 e. The van der Waals surface area contributed by atoms with Crippen LogP contribution in [-0.2, 0) is 11.2 Å². The molecule has 0 saturated carbocycles. The van der Waals surface area contributed by atoms with Gasteiger partial charge in [-0.25, -0.2) is 10.2 Å². The number of ether oxygens (including phenoxy) is 2. The van der Waals surface area contributed by atoms with Gasteiger partial charge >= 0.3 is 5.97 Å². The largest absolute Gasteiger partial charge is 0.483 e. The van der Waals surface area contributed by atoms with E-state index in [0.29, 0.717) is 28.5 Å². The summed E-state index contributed by atoms with van der Waals surface area (Å²) in [4.78, 5) is 24.4. The Morgan fingerprint density at radius 3 is 2.64 bits per heavy atom. The van der Waals surface area contributed by atoms with Gasteiger partial charge < -0.3 is 9.47 Å². The van der Waals surface area contributed by atoms with E-state index in [1.54, 1.807) is 42.5 Å². The van der Waals surface area contributed by atoms with Gasteiger partial charge in [-0.05, 0) is 53.9 Å². The van der Waals surface area contributed by atoms with E-state index in [1.807, 2.05) is 18.2 Å². The number of nitrogens with zero attached hydrogens (tertiary/aromatic N) is 1. The first-order valence-electron chi connectivity index (χ1n) is 9.87. The van der Waals surface area contributed by atoms with Crippen molar-refractivity contribution < 1.29 is 19.1 Å². The number of amides is 1. The van der Waals surface area contributed by atoms with Crippen LogP contribution in [0.15, 0.2) is 84.5 Å². The molecule has 0 aromatic heterocycles. The van der Waals surface area contributed by atoms with Crippen LogP contribution in [0.2, 0.25) is 10.0 Å². The Kier molecular flexibility index (Phi) is 8.63. The number of nitrogens with one attached hydrogen (secondary N) is 1.